The van der Waals surface area contributed by atoms with Gasteiger partial charge in [0.1, 0.15) is 6.10 Å². The lowest BCUT2D eigenvalue weighted by atomic mass is 10.1. The first kappa shape index (κ1) is 12.4. The highest BCUT2D eigenvalue weighted by atomic mass is 79.9. The van der Waals surface area contributed by atoms with E-state index >= 15 is 0 Å². The van der Waals surface area contributed by atoms with Crippen LogP contribution in [-0.2, 0) is 17.9 Å². The van der Waals surface area contributed by atoms with Crippen molar-refractivity contribution in [1.82, 2.24) is 9.78 Å². The van der Waals surface area contributed by atoms with Crippen LogP contribution in [-0.4, -0.2) is 20.9 Å². The average Bonchev–Trinajstić information content (AvgIpc) is 2.82. The van der Waals surface area contributed by atoms with Gasteiger partial charge >= 0.3 is 5.97 Å². The van der Waals surface area contributed by atoms with Crippen molar-refractivity contribution >= 4 is 21.9 Å². The third kappa shape index (κ3) is 2.41. The number of aromatic nitrogens is 2. The summed E-state index contributed by atoms with van der Waals surface area (Å²) < 4.78 is 8.48. The van der Waals surface area contributed by atoms with Gasteiger partial charge in [0.15, 0.2) is 5.69 Å². The van der Waals surface area contributed by atoms with Gasteiger partial charge in [-0.2, -0.15) is 5.10 Å². The predicted molar refractivity (Wildman–Crippen MR) is 70.9 cm³/mol. The minimum absolute atomic E-state index is 0.0649. The Balaban J connectivity index is 1.85. The Hall–Kier alpha value is -1.66. The first-order valence-electron chi connectivity index (χ1n) is 5.80. The van der Waals surface area contributed by atoms with E-state index in [-0.39, 0.29) is 11.8 Å². The number of carboxylic acid groups (broad SMARTS) is 1. The Morgan fingerprint density at radius 3 is 2.84 bits per heavy atom. The Labute approximate surface area is 117 Å². The lowest BCUT2D eigenvalue weighted by molar-refractivity contribution is -0.00124. The quantitative estimate of drug-likeness (QED) is 0.923. The number of rotatable bonds is 2. The Morgan fingerprint density at radius 1 is 1.42 bits per heavy atom. The average molecular weight is 323 g/mol. The van der Waals surface area contributed by atoms with Crippen molar-refractivity contribution in [2.45, 2.75) is 19.3 Å². The normalized spacial score (nSPS) is 18.1. The number of fused-ring (bicyclic) bond motifs is 1. The molecule has 0 radical (unpaired) electrons. The monoisotopic (exact) mass is 322 g/mol. The smallest absolute Gasteiger partial charge is 0.356 e. The fraction of sp³-hybridized carbons (Fsp3) is 0.231. The van der Waals surface area contributed by atoms with Crippen molar-refractivity contribution in [1.29, 1.82) is 0 Å². The van der Waals surface area contributed by atoms with Gasteiger partial charge in [0, 0.05) is 4.47 Å². The number of halogens is 1. The summed E-state index contributed by atoms with van der Waals surface area (Å²) in [4.78, 5) is 10.9. The van der Waals surface area contributed by atoms with Crippen LogP contribution >= 0.6 is 15.9 Å². The summed E-state index contributed by atoms with van der Waals surface area (Å²) in [6.07, 6.45) is -0.0952. The number of aromatic carboxylic acids is 1. The maximum Gasteiger partial charge on any atom is 0.356 e. The summed E-state index contributed by atoms with van der Waals surface area (Å²) in [5.41, 5.74) is 1.92. The molecule has 0 spiro atoms. The molecule has 1 aromatic carbocycles. The molecule has 1 aliphatic heterocycles. The predicted octanol–water partition coefficient (Wildman–Crippen LogP) is 2.62. The summed E-state index contributed by atoms with van der Waals surface area (Å²) in [5.74, 6) is -1.01. The highest BCUT2D eigenvalue weighted by molar-refractivity contribution is 9.10. The van der Waals surface area contributed by atoms with Gasteiger partial charge in [0.25, 0.3) is 0 Å². The minimum atomic E-state index is -1.01. The molecule has 98 valence electrons. The molecular formula is C13H11BrN2O3. The van der Waals surface area contributed by atoms with Crippen LogP contribution in [0.25, 0.3) is 0 Å². The molecular weight excluding hydrogens is 312 g/mol. The van der Waals surface area contributed by atoms with Crippen LogP contribution in [0.5, 0.6) is 0 Å². The minimum Gasteiger partial charge on any atom is -0.476 e. The lowest BCUT2D eigenvalue weighted by Crippen LogP contribution is -2.21. The number of hydrogen-bond donors (Lipinski definition) is 1. The van der Waals surface area contributed by atoms with Crippen LogP contribution in [0, 0.1) is 0 Å². The third-order valence-electron chi connectivity index (χ3n) is 3.10. The summed E-state index contributed by atoms with van der Waals surface area (Å²) >= 11 is 3.39. The van der Waals surface area contributed by atoms with Gasteiger partial charge in [-0.3, -0.25) is 4.68 Å². The Bertz CT molecular complexity index is 621. The molecule has 0 saturated heterocycles. The second-order valence-electron chi connectivity index (χ2n) is 4.36. The van der Waals surface area contributed by atoms with Crippen molar-refractivity contribution < 1.29 is 14.6 Å². The van der Waals surface area contributed by atoms with Gasteiger partial charge in [-0.05, 0) is 23.8 Å². The summed E-state index contributed by atoms with van der Waals surface area (Å²) in [6.45, 7) is 0.908. The zero-order chi connectivity index (χ0) is 13.4. The van der Waals surface area contributed by atoms with Gasteiger partial charge in [-0.1, -0.05) is 28.1 Å². The zero-order valence-electron chi connectivity index (χ0n) is 9.91. The van der Waals surface area contributed by atoms with E-state index in [1.165, 1.54) is 0 Å². The topological polar surface area (TPSA) is 64.3 Å². The number of carboxylic acids is 1. The van der Waals surface area contributed by atoms with E-state index in [0.29, 0.717) is 13.2 Å². The molecule has 1 N–H and O–H groups in total. The molecule has 1 aliphatic rings. The van der Waals surface area contributed by atoms with Crippen LogP contribution in [0.15, 0.2) is 34.8 Å². The van der Waals surface area contributed by atoms with Crippen LogP contribution in [0.4, 0.5) is 0 Å². The number of nitrogens with zero attached hydrogens (tertiary/aromatic N) is 2. The third-order valence-corrected chi connectivity index (χ3v) is 3.62. The number of benzene rings is 1. The molecule has 19 heavy (non-hydrogen) atoms. The van der Waals surface area contributed by atoms with Gasteiger partial charge in [0.2, 0.25) is 0 Å². The molecule has 5 nitrogen and oxygen atoms in total. The van der Waals surface area contributed by atoms with Crippen LogP contribution in [0.3, 0.4) is 0 Å². The van der Waals surface area contributed by atoms with Crippen molar-refractivity contribution in [2.24, 2.45) is 0 Å². The maximum atomic E-state index is 10.9. The van der Waals surface area contributed by atoms with Crippen LogP contribution < -0.4 is 0 Å². The molecule has 2 heterocycles. The molecule has 1 atom stereocenters. The Kier molecular flexibility index (Phi) is 3.12. The summed E-state index contributed by atoms with van der Waals surface area (Å²) in [7, 11) is 0. The van der Waals surface area contributed by atoms with Gasteiger partial charge in [-0.25, -0.2) is 4.79 Å². The highest BCUT2D eigenvalue weighted by Crippen LogP contribution is 2.27. The van der Waals surface area contributed by atoms with E-state index < -0.39 is 5.97 Å². The van der Waals surface area contributed by atoms with Gasteiger partial charge in [0.05, 0.1) is 18.8 Å². The molecule has 2 aromatic rings. The first-order chi connectivity index (χ1) is 9.13. The molecule has 6 heteroatoms. The van der Waals surface area contributed by atoms with Crippen molar-refractivity contribution in [3.05, 3.63) is 51.8 Å². The molecule has 0 fully saturated rings. The molecule has 1 aromatic heterocycles. The van der Waals surface area contributed by atoms with E-state index in [2.05, 4.69) is 21.0 Å². The molecule has 3 rings (SSSR count). The fourth-order valence-electron chi connectivity index (χ4n) is 2.11. The SMILES string of the molecule is O=C(O)c1cc2n(n1)CC(c1ccc(Br)cc1)OC2. The molecule has 1 unspecified atom stereocenters. The second-order valence-corrected chi connectivity index (χ2v) is 5.28. The van der Waals surface area contributed by atoms with Crippen molar-refractivity contribution in [2.75, 3.05) is 0 Å². The zero-order valence-corrected chi connectivity index (χ0v) is 11.5. The summed E-state index contributed by atoms with van der Waals surface area (Å²) in [5, 5.41) is 13.0. The lowest BCUT2D eigenvalue weighted by Gasteiger charge is -2.24. The molecule has 0 saturated carbocycles. The molecule has 0 aliphatic carbocycles. The molecule has 0 bridgehead atoms. The Morgan fingerprint density at radius 2 is 2.16 bits per heavy atom. The second kappa shape index (κ2) is 4.79. The van der Waals surface area contributed by atoms with E-state index in [4.69, 9.17) is 9.84 Å². The number of carbonyl (C=O) groups is 1. The van der Waals surface area contributed by atoms with E-state index in [1.807, 2.05) is 24.3 Å². The van der Waals surface area contributed by atoms with Gasteiger partial charge in [-0.15, -0.1) is 0 Å². The van der Waals surface area contributed by atoms with E-state index in [1.54, 1.807) is 10.7 Å². The largest absolute Gasteiger partial charge is 0.476 e. The maximum absolute atomic E-state index is 10.9. The molecule has 0 amide bonds. The fourth-order valence-corrected chi connectivity index (χ4v) is 2.37. The summed E-state index contributed by atoms with van der Waals surface area (Å²) in [6, 6.07) is 9.45. The van der Waals surface area contributed by atoms with E-state index in [9.17, 15) is 4.79 Å². The number of ether oxygens (including phenoxy) is 1. The van der Waals surface area contributed by atoms with Crippen molar-refractivity contribution in [3.8, 4) is 0 Å². The van der Waals surface area contributed by atoms with Crippen LogP contribution in [0.1, 0.15) is 27.8 Å². The first-order valence-corrected chi connectivity index (χ1v) is 6.60. The van der Waals surface area contributed by atoms with Crippen LogP contribution in [0.2, 0.25) is 0 Å². The van der Waals surface area contributed by atoms with Gasteiger partial charge < -0.3 is 9.84 Å². The number of hydrogen-bond acceptors (Lipinski definition) is 3. The highest BCUT2D eigenvalue weighted by Gasteiger charge is 2.23. The van der Waals surface area contributed by atoms with E-state index in [0.717, 1.165) is 15.7 Å². The standard InChI is InChI=1S/C13H11BrN2O3/c14-9-3-1-8(2-4-9)12-6-16-10(7-19-12)5-11(15-16)13(17)18/h1-5,12H,6-7H2,(H,17,18). The van der Waals surface area contributed by atoms with Crippen molar-refractivity contribution in [3.63, 3.8) is 0 Å².